The van der Waals surface area contributed by atoms with Crippen LogP contribution in [0.2, 0.25) is 0 Å². The summed E-state index contributed by atoms with van der Waals surface area (Å²) in [6, 6.07) is 1.30. The summed E-state index contributed by atoms with van der Waals surface area (Å²) in [5.74, 6) is -2.84. The van der Waals surface area contributed by atoms with Gasteiger partial charge in [0, 0.05) is 17.7 Å². The fourth-order valence-corrected chi connectivity index (χ4v) is 1.69. The average molecular weight is 237 g/mol. The molecule has 1 aromatic carbocycles. The maximum absolute atomic E-state index is 13.3. The van der Waals surface area contributed by atoms with E-state index in [0.29, 0.717) is 18.6 Å². The van der Waals surface area contributed by atoms with Crippen molar-refractivity contribution in [3.05, 3.63) is 35.1 Å². The van der Waals surface area contributed by atoms with E-state index in [4.69, 9.17) is 11.6 Å². The van der Waals surface area contributed by atoms with Crippen molar-refractivity contribution < 1.29 is 13.2 Å². The predicted octanol–water partition coefficient (Wildman–Crippen LogP) is 4.43. The van der Waals surface area contributed by atoms with Crippen molar-refractivity contribution in [3.8, 4) is 0 Å². The van der Waals surface area contributed by atoms with Crippen LogP contribution < -0.4 is 0 Å². The Morgan fingerprint density at radius 1 is 1.20 bits per heavy atom. The van der Waals surface area contributed by atoms with E-state index in [1.807, 2.05) is 6.92 Å². The number of benzene rings is 1. The average Bonchev–Trinajstić information content (AvgIpc) is 2.14. The Morgan fingerprint density at radius 2 is 1.67 bits per heavy atom. The van der Waals surface area contributed by atoms with Gasteiger partial charge in [-0.25, -0.2) is 13.2 Å². The highest BCUT2D eigenvalue weighted by molar-refractivity contribution is 6.21. The number of alkyl halides is 1. The van der Waals surface area contributed by atoms with Gasteiger partial charge in [-0.1, -0.05) is 20.3 Å². The Labute approximate surface area is 92.1 Å². The van der Waals surface area contributed by atoms with Gasteiger partial charge in [-0.15, -0.1) is 11.6 Å². The van der Waals surface area contributed by atoms with E-state index in [9.17, 15) is 13.2 Å². The molecule has 0 aromatic heterocycles. The van der Waals surface area contributed by atoms with Crippen LogP contribution in [0.4, 0.5) is 13.2 Å². The highest BCUT2D eigenvalue weighted by atomic mass is 35.5. The van der Waals surface area contributed by atoms with Gasteiger partial charge in [0.2, 0.25) is 0 Å². The lowest BCUT2D eigenvalue weighted by Gasteiger charge is -2.17. The second-order valence-electron chi connectivity index (χ2n) is 3.57. The molecule has 4 heteroatoms. The maximum Gasteiger partial charge on any atom is 0.133 e. The van der Waals surface area contributed by atoms with Crippen molar-refractivity contribution in [2.24, 2.45) is 5.92 Å². The molecule has 0 N–H and O–H groups in total. The zero-order valence-electron chi connectivity index (χ0n) is 8.53. The van der Waals surface area contributed by atoms with Crippen LogP contribution in [0.3, 0.4) is 0 Å². The van der Waals surface area contributed by atoms with Crippen molar-refractivity contribution in [1.82, 2.24) is 0 Å². The molecular weight excluding hydrogens is 225 g/mol. The molecular formula is C11H12ClF3. The third kappa shape index (κ3) is 2.65. The second-order valence-corrected chi connectivity index (χ2v) is 4.04. The van der Waals surface area contributed by atoms with Crippen LogP contribution in [0, 0.1) is 23.4 Å². The van der Waals surface area contributed by atoms with Crippen LogP contribution in [0.15, 0.2) is 12.1 Å². The number of hydrogen-bond acceptors (Lipinski definition) is 0. The first kappa shape index (κ1) is 12.4. The molecule has 0 fully saturated rings. The van der Waals surface area contributed by atoms with Crippen LogP contribution in [0.25, 0.3) is 0 Å². The van der Waals surface area contributed by atoms with Gasteiger partial charge >= 0.3 is 0 Å². The summed E-state index contributed by atoms with van der Waals surface area (Å²) in [6.45, 7) is 3.67. The SMILES string of the molecule is CCC(C)C(Cl)c1c(F)cc(F)cc1F. The third-order valence-corrected chi connectivity index (χ3v) is 3.11. The van der Waals surface area contributed by atoms with Gasteiger partial charge < -0.3 is 0 Å². The van der Waals surface area contributed by atoms with Crippen molar-refractivity contribution in [2.75, 3.05) is 0 Å². The van der Waals surface area contributed by atoms with Crippen LogP contribution in [0.5, 0.6) is 0 Å². The molecule has 0 spiro atoms. The normalized spacial score (nSPS) is 15.1. The molecule has 0 aliphatic heterocycles. The molecule has 0 saturated heterocycles. The fourth-order valence-electron chi connectivity index (χ4n) is 1.31. The summed E-state index contributed by atoms with van der Waals surface area (Å²) < 4.78 is 39.2. The van der Waals surface area contributed by atoms with E-state index in [-0.39, 0.29) is 11.5 Å². The van der Waals surface area contributed by atoms with E-state index >= 15 is 0 Å². The van der Waals surface area contributed by atoms with Crippen molar-refractivity contribution in [2.45, 2.75) is 25.6 Å². The summed E-state index contributed by atoms with van der Waals surface area (Å²) in [5.41, 5.74) is -0.243. The third-order valence-electron chi connectivity index (χ3n) is 2.46. The monoisotopic (exact) mass is 236 g/mol. The Bertz CT molecular complexity index is 329. The summed E-state index contributed by atoms with van der Waals surface area (Å²) in [6.07, 6.45) is 0.699. The lowest BCUT2D eigenvalue weighted by molar-refractivity contribution is 0.475. The molecule has 0 radical (unpaired) electrons. The molecule has 0 nitrogen and oxygen atoms in total. The number of halogens is 4. The lowest BCUT2D eigenvalue weighted by atomic mass is 9.97. The van der Waals surface area contributed by atoms with Crippen LogP contribution in [-0.2, 0) is 0 Å². The highest BCUT2D eigenvalue weighted by Crippen LogP contribution is 2.34. The summed E-state index contributed by atoms with van der Waals surface area (Å²) in [7, 11) is 0. The zero-order valence-corrected chi connectivity index (χ0v) is 9.28. The van der Waals surface area contributed by atoms with E-state index in [0.717, 1.165) is 0 Å². The molecule has 0 amide bonds. The molecule has 84 valence electrons. The summed E-state index contributed by atoms with van der Waals surface area (Å²) in [4.78, 5) is 0. The van der Waals surface area contributed by atoms with Gasteiger partial charge in [0.25, 0.3) is 0 Å². The minimum atomic E-state index is -0.929. The van der Waals surface area contributed by atoms with E-state index in [1.54, 1.807) is 6.92 Å². The quantitative estimate of drug-likeness (QED) is 0.681. The molecule has 0 bridgehead atoms. The van der Waals surface area contributed by atoms with Gasteiger partial charge in [-0.2, -0.15) is 0 Å². The minimum absolute atomic E-state index is 0.0684. The van der Waals surface area contributed by atoms with Gasteiger partial charge in [0.1, 0.15) is 17.5 Å². The Kier molecular flexibility index (Phi) is 4.03. The van der Waals surface area contributed by atoms with Crippen LogP contribution in [-0.4, -0.2) is 0 Å². The molecule has 1 aromatic rings. The summed E-state index contributed by atoms with van der Waals surface area (Å²) in [5, 5.41) is -0.768. The first-order valence-electron chi connectivity index (χ1n) is 4.75. The standard InChI is InChI=1S/C11H12ClF3/c1-3-6(2)11(12)10-8(14)4-7(13)5-9(10)15/h4-6,11H,3H2,1-2H3. The molecule has 0 saturated carbocycles. The molecule has 15 heavy (non-hydrogen) atoms. The molecule has 0 aliphatic rings. The topological polar surface area (TPSA) is 0 Å². The van der Waals surface area contributed by atoms with E-state index < -0.39 is 22.8 Å². The van der Waals surface area contributed by atoms with Crippen LogP contribution in [0.1, 0.15) is 31.2 Å². The zero-order chi connectivity index (χ0) is 11.6. The van der Waals surface area contributed by atoms with Crippen molar-refractivity contribution >= 4 is 11.6 Å². The van der Waals surface area contributed by atoms with Gasteiger partial charge in [0.05, 0.1) is 5.38 Å². The van der Waals surface area contributed by atoms with Crippen molar-refractivity contribution in [1.29, 1.82) is 0 Å². The largest absolute Gasteiger partial charge is 0.207 e. The molecule has 0 aliphatic carbocycles. The first-order chi connectivity index (χ1) is 6.97. The van der Waals surface area contributed by atoms with Gasteiger partial charge in [-0.05, 0) is 5.92 Å². The number of hydrogen-bond donors (Lipinski definition) is 0. The van der Waals surface area contributed by atoms with Crippen molar-refractivity contribution in [3.63, 3.8) is 0 Å². The predicted molar refractivity (Wildman–Crippen MR) is 54.4 cm³/mol. The van der Waals surface area contributed by atoms with Gasteiger partial charge in [-0.3, -0.25) is 0 Å². The first-order valence-corrected chi connectivity index (χ1v) is 5.19. The number of rotatable bonds is 3. The molecule has 2 unspecified atom stereocenters. The Morgan fingerprint density at radius 3 is 2.07 bits per heavy atom. The smallest absolute Gasteiger partial charge is 0.133 e. The molecule has 1 rings (SSSR count). The lowest BCUT2D eigenvalue weighted by Crippen LogP contribution is -2.08. The fraction of sp³-hybridized carbons (Fsp3) is 0.455. The highest BCUT2D eigenvalue weighted by Gasteiger charge is 2.23. The van der Waals surface area contributed by atoms with E-state index in [2.05, 4.69) is 0 Å². The molecule has 2 atom stereocenters. The van der Waals surface area contributed by atoms with Crippen LogP contribution >= 0.6 is 11.6 Å². The molecule has 0 heterocycles. The second kappa shape index (κ2) is 4.88. The maximum atomic E-state index is 13.3. The Hall–Kier alpha value is -0.700. The minimum Gasteiger partial charge on any atom is -0.207 e. The Balaban J connectivity index is 3.13. The van der Waals surface area contributed by atoms with E-state index in [1.165, 1.54) is 0 Å². The van der Waals surface area contributed by atoms with Gasteiger partial charge in [0.15, 0.2) is 0 Å². The summed E-state index contributed by atoms with van der Waals surface area (Å²) >= 11 is 5.92.